The number of ether oxygens (including phenoxy) is 1. The molecule has 0 amide bonds. The highest BCUT2D eigenvalue weighted by molar-refractivity contribution is 7.17. The molecule has 1 aliphatic carbocycles. The molecule has 0 N–H and O–H groups in total. The van der Waals surface area contributed by atoms with E-state index < -0.39 is 0 Å². The summed E-state index contributed by atoms with van der Waals surface area (Å²) >= 11 is 1.43. The molecule has 0 aliphatic heterocycles. The van der Waals surface area contributed by atoms with Gasteiger partial charge in [-0.2, -0.15) is 0 Å². The molecule has 0 spiro atoms. The summed E-state index contributed by atoms with van der Waals surface area (Å²) in [7, 11) is 3.50. The first-order chi connectivity index (χ1) is 9.34. The van der Waals surface area contributed by atoms with E-state index in [1.54, 1.807) is 0 Å². The van der Waals surface area contributed by atoms with Crippen molar-refractivity contribution in [1.82, 2.24) is 4.98 Å². The van der Waals surface area contributed by atoms with Crippen LogP contribution in [0.15, 0.2) is 0 Å². The van der Waals surface area contributed by atoms with Crippen LogP contribution in [0, 0.1) is 12.3 Å². The Bertz CT molecular complexity index is 486. The lowest BCUT2D eigenvalue weighted by Crippen LogP contribution is -2.37. The zero-order valence-electron chi connectivity index (χ0n) is 13.0. The fourth-order valence-electron chi connectivity index (χ4n) is 2.74. The fraction of sp³-hybridized carbons (Fsp3) is 0.733. The second-order valence-corrected chi connectivity index (χ2v) is 7.39. The van der Waals surface area contributed by atoms with Gasteiger partial charge in [-0.05, 0) is 38.0 Å². The number of aryl methyl sites for hydroxylation is 1. The molecule has 0 bridgehead atoms. The van der Waals surface area contributed by atoms with Gasteiger partial charge >= 0.3 is 5.97 Å². The van der Waals surface area contributed by atoms with E-state index in [-0.39, 0.29) is 5.97 Å². The number of carbonyl (C=O) groups is 1. The van der Waals surface area contributed by atoms with E-state index in [1.165, 1.54) is 44.1 Å². The van der Waals surface area contributed by atoms with Crippen molar-refractivity contribution in [2.24, 2.45) is 5.41 Å². The van der Waals surface area contributed by atoms with Crippen LogP contribution in [0.5, 0.6) is 0 Å². The molecular weight excluding hydrogens is 272 g/mol. The maximum atomic E-state index is 11.7. The van der Waals surface area contributed by atoms with Gasteiger partial charge in [0.25, 0.3) is 0 Å². The summed E-state index contributed by atoms with van der Waals surface area (Å²) in [5.74, 6) is -0.288. The first-order valence-electron chi connectivity index (χ1n) is 7.12. The first kappa shape index (κ1) is 15.3. The van der Waals surface area contributed by atoms with E-state index in [1.807, 2.05) is 6.92 Å². The molecule has 1 fully saturated rings. The molecule has 0 unspecified atom stereocenters. The first-order valence-corrected chi connectivity index (χ1v) is 7.94. The third-order valence-corrected chi connectivity index (χ3v) is 5.54. The van der Waals surface area contributed by atoms with Crippen LogP contribution in [0.4, 0.5) is 5.13 Å². The molecule has 1 aromatic heterocycles. The van der Waals surface area contributed by atoms with Gasteiger partial charge in [-0.25, -0.2) is 9.78 Å². The highest BCUT2D eigenvalue weighted by Crippen LogP contribution is 2.38. The summed E-state index contributed by atoms with van der Waals surface area (Å²) in [6.45, 7) is 6.54. The van der Waals surface area contributed by atoms with Gasteiger partial charge in [-0.15, -0.1) is 0 Å². The van der Waals surface area contributed by atoms with Gasteiger partial charge in [0.15, 0.2) is 5.13 Å². The van der Waals surface area contributed by atoms with E-state index in [0.29, 0.717) is 16.3 Å². The van der Waals surface area contributed by atoms with Crippen LogP contribution in [-0.4, -0.2) is 31.2 Å². The Morgan fingerprint density at radius 2 is 2.00 bits per heavy atom. The lowest BCUT2D eigenvalue weighted by atomic mass is 9.75. The normalized spacial score (nSPS) is 18.9. The predicted octanol–water partition coefficient (Wildman–Crippen LogP) is 3.64. The summed E-state index contributed by atoms with van der Waals surface area (Å²) in [6.07, 6.45) is 4.87. The van der Waals surface area contributed by atoms with Gasteiger partial charge < -0.3 is 9.64 Å². The summed E-state index contributed by atoms with van der Waals surface area (Å²) in [5.41, 5.74) is 1.23. The quantitative estimate of drug-likeness (QED) is 0.799. The molecular formula is C15H24N2O2S. The summed E-state index contributed by atoms with van der Waals surface area (Å²) in [5, 5.41) is 0.924. The second kappa shape index (κ2) is 5.72. The van der Waals surface area contributed by atoms with Crippen LogP contribution in [0.3, 0.4) is 0 Å². The summed E-state index contributed by atoms with van der Waals surface area (Å²) < 4.78 is 4.80. The minimum atomic E-state index is -0.288. The largest absolute Gasteiger partial charge is 0.465 e. The van der Waals surface area contributed by atoms with E-state index in [2.05, 4.69) is 30.8 Å². The number of aromatic nitrogens is 1. The molecule has 0 saturated heterocycles. The zero-order valence-corrected chi connectivity index (χ0v) is 13.8. The smallest absolute Gasteiger partial charge is 0.350 e. The Kier molecular flexibility index (Phi) is 4.37. The molecule has 20 heavy (non-hydrogen) atoms. The Labute approximate surface area is 125 Å². The minimum absolute atomic E-state index is 0.288. The zero-order chi connectivity index (χ0) is 14.9. The Morgan fingerprint density at radius 3 is 2.55 bits per heavy atom. The Morgan fingerprint density at radius 1 is 1.40 bits per heavy atom. The Hall–Kier alpha value is -1.10. The average molecular weight is 296 g/mol. The summed E-state index contributed by atoms with van der Waals surface area (Å²) in [6, 6.07) is 0.527. The lowest BCUT2D eigenvalue weighted by Gasteiger charge is -2.38. The van der Waals surface area contributed by atoms with Gasteiger partial charge in [0.2, 0.25) is 0 Å². The van der Waals surface area contributed by atoms with Crippen molar-refractivity contribution in [2.75, 3.05) is 19.1 Å². The molecule has 112 valence electrons. The molecule has 5 heteroatoms. The van der Waals surface area contributed by atoms with Crippen LogP contribution in [0.25, 0.3) is 0 Å². The second-order valence-electron chi connectivity index (χ2n) is 6.41. The van der Waals surface area contributed by atoms with E-state index in [0.717, 1.165) is 10.8 Å². The average Bonchev–Trinajstić information content (AvgIpc) is 2.79. The topological polar surface area (TPSA) is 42.4 Å². The molecule has 0 radical (unpaired) electrons. The fourth-order valence-corrected chi connectivity index (χ4v) is 3.76. The Balaban J connectivity index is 2.10. The van der Waals surface area contributed by atoms with Crippen molar-refractivity contribution in [1.29, 1.82) is 0 Å². The van der Waals surface area contributed by atoms with Crippen molar-refractivity contribution in [3.8, 4) is 0 Å². The number of nitrogens with zero attached hydrogens (tertiary/aromatic N) is 2. The molecule has 0 atom stereocenters. The monoisotopic (exact) mass is 296 g/mol. The maximum absolute atomic E-state index is 11.7. The van der Waals surface area contributed by atoms with Gasteiger partial charge in [0.05, 0.1) is 12.8 Å². The number of hydrogen-bond donors (Lipinski definition) is 0. The van der Waals surface area contributed by atoms with Crippen molar-refractivity contribution in [3.63, 3.8) is 0 Å². The van der Waals surface area contributed by atoms with E-state index in [4.69, 9.17) is 4.74 Å². The molecule has 4 nitrogen and oxygen atoms in total. The van der Waals surface area contributed by atoms with Crippen LogP contribution in [-0.2, 0) is 4.74 Å². The van der Waals surface area contributed by atoms with Crippen LogP contribution in [0.1, 0.15) is 54.9 Å². The molecule has 1 aromatic rings. The van der Waals surface area contributed by atoms with E-state index in [9.17, 15) is 4.79 Å². The lowest BCUT2D eigenvalue weighted by molar-refractivity contribution is 0.0605. The molecule has 1 heterocycles. The highest BCUT2D eigenvalue weighted by Gasteiger charge is 2.30. The number of esters is 1. The predicted molar refractivity (Wildman–Crippen MR) is 82.6 cm³/mol. The molecule has 1 saturated carbocycles. The highest BCUT2D eigenvalue weighted by atomic mass is 32.1. The third kappa shape index (κ3) is 3.14. The van der Waals surface area contributed by atoms with Crippen LogP contribution in [0.2, 0.25) is 0 Å². The van der Waals surface area contributed by atoms with Crippen LogP contribution < -0.4 is 4.90 Å². The van der Waals surface area contributed by atoms with Crippen molar-refractivity contribution < 1.29 is 9.53 Å². The number of rotatable bonds is 3. The number of thiazole rings is 1. The minimum Gasteiger partial charge on any atom is -0.465 e. The van der Waals surface area contributed by atoms with Crippen molar-refractivity contribution in [3.05, 3.63) is 10.6 Å². The number of methoxy groups -OCH3 is 1. The number of anilines is 1. The summed E-state index contributed by atoms with van der Waals surface area (Å²) in [4.78, 5) is 19.0. The molecule has 1 aliphatic rings. The number of hydrogen-bond acceptors (Lipinski definition) is 5. The van der Waals surface area contributed by atoms with Gasteiger partial charge in [0, 0.05) is 13.1 Å². The number of carbonyl (C=O) groups excluding carboxylic acids is 1. The van der Waals surface area contributed by atoms with Crippen molar-refractivity contribution >= 4 is 22.4 Å². The van der Waals surface area contributed by atoms with E-state index >= 15 is 0 Å². The molecule has 2 rings (SSSR count). The SMILES string of the molecule is COC(=O)c1sc(N(C)C2CCC(C)(C)CC2)nc1C. The standard InChI is InChI=1S/C15H24N2O2S/c1-10-12(13(18)19-5)20-14(16-10)17(4)11-6-8-15(2,3)9-7-11/h11H,6-9H2,1-5H3. The van der Waals surface area contributed by atoms with Gasteiger partial charge in [-0.1, -0.05) is 25.2 Å². The maximum Gasteiger partial charge on any atom is 0.350 e. The van der Waals surface area contributed by atoms with Gasteiger partial charge in [0.1, 0.15) is 4.88 Å². The van der Waals surface area contributed by atoms with Crippen LogP contribution >= 0.6 is 11.3 Å². The van der Waals surface area contributed by atoms with Gasteiger partial charge in [-0.3, -0.25) is 0 Å². The third-order valence-electron chi connectivity index (χ3n) is 4.31. The van der Waals surface area contributed by atoms with Crippen molar-refractivity contribution in [2.45, 2.75) is 52.5 Å². The molecule has 0 aromatic carbocycles.